The molecule has 0 aromatic heterocycles. The van der Waals surface area contributed by atoms with Crippen molar-refractivity contribution in [3.05, 3.63) is 27.3 Å². The third kappa shape index (κ3) is 3.79. The minimum atomic E-state index is -0.0121. The van der Waals surface area contributed by atoms with E-state index >= 15 is 0 Å². The highest BCUT2D eigenvalue weighted by Gasteiger charge is 2.05. The molecule has 0 aliphatic carbocycles. The second-order valence-corrected chi connectivity index (χ2v) is 4.37. The van der Waals surface area contributed by atoms with E-state index in [1.807, 2.05) is 25.1 Å². The molecule has 1 amide bonds. The lowest BCUT2D eigenvalue weighted by molar-refractivity contribution is -0.117. The lowest BCUT2D eigenvalue weighted by Gasteiger charge is -2.09. The van der Waals surface area contributed by atoms with E-state index in [9.17, 15) is 4.79 Å². The van der Waals surface area contributed by atoms with E-state index in [-0.39, 0.29) is 5.91 Å². The van der Waals surface area contributed by atoms with Gasteiger partial charge in [0.2, 0.25) is 5.91 Å². The molecule has 3 nitrogen and oxygen atoms in total. The van der Waals surface area contributed by atoms with Crippen LogP contribution in [0.1, 0.15) is 12.0 Å². The van der Waals surface area contributed by atoms with Gasteiger partial charge in [-0.2, -0.15) is 0 Å². The fraction of sp³-hybridized carbons (Fsp3) is 0.364. The predicted molar refractivity (Wildman–Crippen MR) is 69.0 cm³/mol. The number of nitrogens with one attached hydrogen (secondary N) is 1. The fourth-order valence-electron chi connectivity index (χ4n) is 1.15. The van der Waals surface area contributed by atoms with Gasteiger partial charge in [-0.05, 0) is 47.2 Å². The fourth-order valence-corrected chi connectivity index (χ4v) is 1.65. The third-order valence-corrected chi connectivity index (χ3v) is 3.24. The van der Waals surface area contributed by atoms with Crippen LogP contribution in [-0.2, 0) is 9.53 Å². The molecular weight excluding hydrogens is 305 g/mol. The van der Waals surface area contributed by atoms with Gasteiger partial charge in [0.1, 0.15) is 0 Å². The van der Waals surface area contributed by atoms with Gasteiger partial charge in [0.25, 0.3) is 0 Å². The molecule has 0 saturated heterocycles. The average Bonchev–Trinajstić information content (AvgIpc) is 2.22. The Morgan fingerprint density at radius 1 is 1.53 bits per heavy atom. The van der Waals surface area contributed by atoms with Gasteiger partial charge in [-0.25, -0.2) is 0 Å². The summed E-state index contributed by atoms with van der Waals surface area (Å²) in [5.41, 5.74) is 1.98. The maximum atomic E-state index is 11.4. The number of hydrogen-bond acceptors (Lipinski definition) is 2. The number of anilines is 1. The van der Waals surface area contributed by atoms with Crippen molar-refractivity contribution in [2.24, 2.45) is 0 Å². The van der Waals surface area contributed by atoms with Crippen molar-refractivity contribution in [3.8, 4) is 0 Å². The third-order valence-electron chi connectivity index (χ3n) is 2.08. The van der Waals surface area contributed by atoms with Crippen LogP contribution in [-0.4, -0.2) is 19.6 Å². The van der Waals surface area contributed by atoms with Crippen molar-refractivity contribution in [2.75, 3.05) is 19.0 Å². The Morgan fingerprint density at radius 3 is 2.93 bits per heavy atom. The van der Waals surface area contributed by atoms with Crippen LogP contribution >= 0.6 is 22.6 Å². The van der Waals surface area contributed by atoms with E-state index < -0.39 is 0 Å². The summed E-state index contributed by atoms with van der Waals surface area (Å²) in [5, 5.41) is 2.86. The SMILES string of the molecule is COCCC(=O)Nc1cccc(I)c1C. The van der Waals surface area contributed by atoms with Gasteiger partial charge in [0, 0.05) is 16.4 Å². The quantitative estimate of drug-likeness (QED) is 0.866. The molecule has 82 valence electrons. The summed E-state index contributed by atoms with van der Waals surface area (Å²) in [7, 11) is 1.59. The number of rotatable bonds is 4. The normalized spacial score (nSPS) is 10.1. The van der Waals surface area contributed by atoms with Gasteiger partial charge in [-0.15, -0.1) is 0 Å². The Bertz CT molecular complexity index is 352. The van der Waals surface area contributed by atoms with Gasteiger partial charge < -0.3 is 10.1 Å². The van der Waals surface area contributed by atoms with Crippen LogP contribution in [0.25, 0.3) is 0 Å². The maximum absolute atomic E-state index is 11.4. The summed E-state index contributed by atoms with van der Waals surface area (Å²) in [6.07, 6.45) is 0.390. The van der Waals surface area contributed by atoms with Crippen LogP contribution in [0.2, 0.25) is 0 Å². The molecular formula is C11H14INO2. The molecule has 1 aromatic rings. The Balaban J connectivity index is 2.64. The van der Waals surface area contributed by atoms with Gasteiger partial charge in [-0.3, -0.25) is 4.79 Å². The first-order chi connectivity index (χ1) is 7.15. The smallest absolute Gasteiger partial charge is 0.226 e. The van der Waals surface area contributed by atoms with Gasteiger partial charge in [0.05, 0.1) is 13.0 Å². The van der Waals surface area contributed by atoms with Crippen LogP contribution in [0, 0.1) is 10.5 Å². The van der Waals surface area contributed by atoms with E-state index in [4.69, 9.17) is 4.74 Å². The number of benzene rings is 1. The number of methoxy groups -OCH3 is 1. The van der Waals surface area contributed by atoms with Crippen LogP contribution in [0.3, 0.4) is 0 Å². The predicted octanol–water partition coefficient (Wildman–Crippen LogP) is 2.57. The van der Waals surface area contributed by atoms with Crippen molar-refractivity contribution < 1.29 is 9.53 Å². The number of hydrogen-bond donors (Lipinski definition) is 1. The molecule has 0 unspecified atom stereocenters. The monoisotopic (exact) mass is 319 g/mol. The summed E-state index contributed by atoms with van der Waals surface area (Å²) >= 11 is 2.25. The highest BCUT2D eigenvalue weighted by Crippen LogP contribution is 2.20. The zero-order valence-corrected chi connectivity index (χ0v) is 11.0. The first kappa shape index (κ1) is 12.4. The van der Waals surface area contributed by atoms with E-state index in [2.05, 4.69) is 27.9 Å². The molecule has 15 heavy (non-hydrogen) atoms. The lowest BCUT2D eigenvalue weighted by atomic mass is 10.2. The van der Waals surface area contributed by atoms with Gasteiger partial charge in [0.15, 0.2) is 0 Å². The summed E-state index contributed by atoms with van der Waals surface area (Å²) in [6.45, 7) is 2.45. The van der Waals surface area contributed by atoms with Crippen molar-refractivity contribution >= 4 is 34.2 Å². The molecule has 0 aliphatic heterocycles. The molecule has 0 atom stereocenters. The Labute approximate surface area is 103 Å². The van der Waals surface area contributed by atoms with E-state index in [0.29, 0.717) is 13.0 Å². The lowest BCUT2D eigenvalue weighted by Crippen LogP contribution is -2.14. The molecule has 0 bridgehead atoms. The van der Waals surface area contributed by atoms with E-state index in [1.165, 1.54) is 0 Å². The van der Waals surface area contributed by atoms with E-state index in [0.717, 1.165) is 14.8 Å². The minimum absolute atomic E-state index is 0.0121. The van der Waals surface area contributed by atoms with Crippen LogP contribution in [0.5, 0.6) is 0 Å². The molecule has 0 radical (unpaired) electrons. The highest BCUT2D eigenvalue weighted by molar-refractivity contribution is 14.1. The summed E-state index contributed by atoms with van der Waals surface area (Å²) in [4.78, 5) is 11.4. The standard InChI is InChI=1S/C11H14INO2/c1-8-9(12)4-3-5-10(8)13-11(14)6-7-15-2/h3-5H,6-7H2,1-2H3,(H,13,14). The van der Waals surface area contributed by atoms with Crippen molar-refractivity contribution in [2.45, 2.75) is 13.3 Å². The Kier molecular flexibility index (Phi) is 5.04. The van der Waals surface area contributed by atoms with Crippen molar-refractivity contribution in [3.63, 3.8) is 0 Å². The highest BCUT2D eigenvalue weighted by atomic mass is 127. The molecule has 0 heterocycles. The topological polar surface area (TPSA) is 38.3 Å². The molecule has 1 N–H and O–H groups in total. The minimum Gasteiger partial charge on any atom is -0.384 e. The average molecular weight is 319 g/mol. The largest absolute Gasteiger partial charge is 0.384 e. The zero-order valence-electron chi connectivity index (χ0n) is 8.84. The summed E-state index contributed by atoms with van der Waals surface area (Å²) < 4.78 is 5.99. The number of amides is 1. The Morgan fingerprint density at radius 2 is 2.27 bits per heavy atom. The first-order valence-corrected chi connectivity index (χ1v) is 5.77. The number of carbonyl (C=O) groups is 1. The van der Waals surface area contributed by atoms with Gasteiger partial charge in [-0.1, -0.05) is 6.07 Å². The molecule has 0 saturated carbocycles. The van der Waals surface area contributed by atoms with E-state index in [1.54, 1.807) is 7.11 Å². The van der Waals surface area contributed by atoms with Crippen LogP contribution in [0.15, 0.2) is 18.2 Å². The first-order valence-electron chi connectivity index (χ1n) is 4.69. The van der Waals surface area contributed by atoms with Crippen LogP contribution in [0.4, 0.5) is 5.69 Å². The zero-order chi connectivity index (χ0) is 11.3. The van der Waals surface area contributed by atoms with Crippen molar-refractivity contribution in [1.29, 1.82) is 0 Å². The Hall–Kier alpha value is -0.620. The summed E-state index contributed by atoms with van der Waals surface area (Å²) in [6, 6.07) is 5.85. The van der Waals surface area contributed by atoms with Gasteiger partial charge >= 0.3 is 0 Å². The summed E-state index contributed by atoms with van der Waals surface area (Å²) in [5.74, 6) is -0.0121. The van der Waals surface area contributed by atoms with Crippen LogP contribution < -0.4 is 5.32 Å². The second kappa shape index (κ2) is 6.07. The molecule has 0 fully saturated rings. The molecule has 0 spiro atoms. The van der Waals surface area contributed by atoms with Crippen molar-refractivity contribution in [1.82, 2.24) is 0 Å². The molecule has 1 aromatic carbocycles. The molecule has 0 aliphatic rings. The number of halogens is 1. The molecule has 4 heteroatoms. The maximum Gasteiger partial charge on any atom is 0.226 e. The molecule has 1 rings (SSSR count). The number of carbonyl (C=O) groups excluding carboxylic acids is 1. The number of ether oxygens (including phenoxy) is 1. The second-order valence-electron chi connectivity index (χ2n) is 3.20.